The smallest absolute Gasteiger partial charge is 0.149 e. The molecule has 1 N–H and O–H groups in total. The van der Waals surface area contributed by atoms with Gasteiger partial charge in [-0.05, 0) is 12.1 Å². The molecule has 0 spiro atoms. The second-order valence-electron chi connectivity index (χ2n) is 3.25. The van der Waals surface area contributed by atoms with Gasteiger partial charge in [0, 0.05) is 6.26 Å². The summed E-state index contributed by atoms with van der Waals surface area (Å²) in [4.78, 5) is 0. The van der Waals surface area contributed by atoms with Gasteiger partial charge in [0.05, 0.1) is 24.6 Å². The minimum Gasteiger partial charge on any atom is -0.468 e. The molecule has 4 nitrogen and oxygen atoms in total. The van der Waals surface area contributed by atoms with Crippen molar-refractivity contribution in [3.8, 4) is 12.3 Å². The highest BCUT2D eigenvalue weighted by atomic mass is 32.2. The molecule has 1 aromatic heterocycles. The van der Waals surface area contributed by atoms with Crippen LogP contribution in [0.3, 0.4) is 0 Å². The van der Waals surface area contributed by atoms with Crippen LogP contribution in [0.5, 0.6) is 0 Å². The zero-order valence-electron chi connectivity index (χ0n) is 8.43. The molecule has 1 aromatic rings. The van der Waals surface area contributed by atoms with Crippen molar-refractivity contribution < 1.29 is 12.8 Å². The first-order valence-corrected chi connectivity index (χ1v) is 6.47. The Hall–Kier alpha value is -1.25. The van der Waals surface area contributed by atoms with Crippen molar-refractivity contribution in [2.24, 2.45) is 0 Å². The number of rotatable bonds is 5. The van der Waals surface area contributed by atoms with Crippen LogP contribution < -0.4 is 5.32 Å². The van der Waals surface area contributed by atoms with E-state index in [-0.39, 0.29) is 11.8 Å². The molecule has 15 heavy (non-hydrogen) atoms. The maximum Gasteiger partial charge on any atom is 0.149 e. The molecule has 0 fully saturated rings. The van der Waals surface area contributed by atoms with Gasteiger partial charge in [0.1, 0.15) is 15.6 Å². The Morgan fingerprint density at radius 1 is 1.67 bits per heavy atom. The molecule has 0 amide bonds. The van der Waals surface area contributed by atoms with E-state index >= 15 is 0 Å². The minimum atomic E-state index is -3.07. The minimum absolute atomic E-state index is 0.0256. The van der Waals surface area contributed by atoms with Crippen LogP contribution >= 0.6 is 0 Å². The molecular formula is C10H13NO3S. The molecule has 1 atom stereocenters. The number of nitrogens with one attached hydrogen (secondary N) is 1. The van der Waals surface area contributed by atoms with Crippen molar-refractivity contribution in [2.75, 3.05) is 18.6 Å². The second kappa shape index (κ2) is 5.01. The van der Waals surface area contributed by atoms with Gasteiger partial charge in [-0.3, -0.25) is 5.32 Å². The van der Waals surface area contributed by atoms with Crippen molar-refractivity contribution in [3.63, 3.8) is 0 Å². The second-order valence-corrected chi connectivity index (χ2v) is 5.43. The maximum absolute atomic E-state index is 11.2. The van der Waals surface area contributed by atoms with E-state index in [9.17, 15) is 8.42 Å². The normalized spacial score (nSPS) is 13.3. The molecule has 5 heteroatoms. The summed E-state index contributed by atoms with van der Waals surface area (Å²) in [5.41, 5.74) is 0. The van der Waals surface area contributed by atoms with Gasteiger partial charge >= 0.3 is 0 Å². The van der Waals surface area contributed by atoms with Crippen LogP contribution in [0.15, 0.2) is 22.8 Å². The molecule has 0 bridgehead atoms. The molecule has 0 aliphatic rings. The zero-order valence-corrected chi connectivity index (χ0v) is 9.25. The third kappa shape index (κ3) is 4.19. The van der Waals surface area contributed by atoms with E-state index in [1.54, 1.807) is 12.1 Å². The fraction of sp³-hybridized carbons (Fsp3) is 0.400. The standard InChI is InChI=1S/C10H13NO3S/c1-3-6-11-9(8-15(2,12)13)10-5-4-7-14-10/h1,4-5,7,9,11H,6,8H2,2H3. The summed E-state index contributed by atoms with van der Waals surface area (Å²) >= 11 is 0. The summed E-state index contributed by atoms with van der Waals surface area (Å²) in [6.45, 7) is 0.306. The summed E-state index contributed by atoms with van der Waals surface area (Å²) in [6, 6.07) is 3.05. The highest BCUT2D eigenvalue weighted by Gasteiger charge is 2.18. The zero-order chi connectivity index (χ0) is 11.3. The predicted molar refractivity (Wildman–Crippen MR) is 58.0 cm³/mol. The van der Waals surface area contributed by atoms with Crippen LogP contribution in [0, 0.1) is 12.3 Å². The Morgan fingerprint density at radius 2 is 2.40 bits per heavy atom. The fourth-order valence-corrected chi connectivity index (χ4v) is 2.10. The van der Waals surface area contributed by atoms with Crippen molar-refractivity contribution in [3.05, 3.63) is 24.2 Å². The summed E-state index contributed by atoms with van der Waals surface area (Å²) in [5, 5.41) is 2.92. The Labute approximate surface area is 89.6 Å². The van der Waals surface area contributed by atoms with Crippen LogP contribution in [0.25, 0.3) is 0 Å². The average Bonchev–Trinajstić information content (AvgIpc) is 2.63. The molecule has 0 aliphatic carbocycles. The largest absolute Gasteiger partial charge is 0.468 e. The lowest BCUT2D eigenvalue weighted by atomic mass is 10.2. The van der Waals surface area contributed by atoms with Crippen LogP contribution in [0.4, 0.5) is 0 Å². The average molecular weight is 227 g/mol. The van der Waals surface area contributed by atoms with E-state index < -0.39 is 9.84 Å². The quantitative estimate of drug-likeness (QED) is 0.748. The van der Waals surface area contributed by atoms with Crippen molar-refractivity contribution in [2.45, 2.75) is 6.04 Å². The number of hydrogen-bond donors (Lipinski definition) is 1. The Bertz CT molecular complexity index is 428. The molecular weight excluding hydrogens is 214 g/mol. The molecule has 0 saturated carbocycles. The molecule has 82 valence electrons. The van der Waals surface area contributed by atoms with Crippen molar-refractivity contribution >= 4 is 9.84 Å². The lowest BCUT2D eigenvalue weighted by Crippen LogP contribution is -2.27. The van der Waals surface area contributed by atoms with E-state index in [1.165, 1.54) is 12.5 Å². The maximum atomic E-state index is 11.2. The third-order valence-electron chi connectivity index (χ3n) is 1.81. The molecule has 1 rings (SSSR count). The lowest BCUT2D eigenvalue weighted by Gasteiger charge is -2.13. The molecule has 1 heterocycles. The molecule has 1 unspecified atom stereocenters. The first-order chi connectivity index (χ1) is 7.03. The number of hydrogen-bond acceptors (Lipinski definition) is 4. The Kier molecular flexibility index (Phi) is 3.95. The van der Waals surface area contributed by atoms with Crippen molar-refractivity contribution in [1.82, 2.24) is 5.32 Å². The van der Waals surface area contributed by atoms with Crippen LogP contribution in [-0.2, 0) is 9.84 Å². The number of sulfone groups is 1. The first kappa shape index (κ1) is 11.8. The first-order valence-electron chi connectivity index (χ1n) is 4.41. The topological polar surface area (TPSA) is 59.3 Å². The molecule has 0 aromatic carbocycles. The summed E-state index contributed by atoms with van der Waals surface area (Å²) < 4.78 is 27.5. The van der Waals surface area contributed by atoms with Crippen LogP contribution in [-0.4, -0.2) is 27.0 Å². The summed E-state index contributed by atoms with van der Waals surface area (Å²) in [6.07, 6.45) is 7.78. The third-order valence-corrected chi connectivity index (χ3v) is 2.75. The molecule has 0 saturated heterocycles. The van der Waals surface area contributed by atoms with Gasteiger partial charge in [-0.2, -0.15) is 0 Å². The van der Waals surface area contributed by atoms with Gasteiger partial charge < -0.3 is 4.42 Å². The molecule has 0 aliphatic heterocycles. The van der Waals surface area contributed by atoms with Gasteiger partial charge in [0.25, 0.3) is 0 Å². The Morgan fingerprint density at radius 3 is 2.87 bits per heavy atom. The lowest BCUT2D eigenvalue weighted by molar-refractivity contribution is 0.441. The predicted octanol–water partition coefficient (Wildman–Crippen LogP) is 0.588. The number of terminal acetylenes is 1. The van der Waals surface area contributed by atoms with Gasteiger partial charge in [-0.25, -0.2) is 8.42 Å². The number of furan rings is 1. The highest BCUT2D eigenvalue weighted by molar-refractivity contribution is 7.90. The van der Waals surface area contributed by atoms with Gasteiger partial charge in [-0.15, -0.1) is 6.42 Å². The van der Waals surface area contributed by atoms with E-state index in [2.05, 4.69) is 11.2 Å². The Balaban J connectivity index is 2.76. The highest BCUT2D eigenvalue weighted by Crippen LogP contribution is 2.14. The SMILES string of the molecule is C#CCNC(CS(C)(=O)=O)c1ccco1. The van der Waals surface area contributed by atoms with Gasteiger partial charge in [0.2, 0.25) is 0 Å². The van der Waals surface area contributed by atoms with E-state index in [0.29, 0.717) is 12.3 Å². The van der Waals surface area contributed by atoms with E-state index in [1.807, 2.05) is 0 Å². The monoisotopic (exact) mass is 227 g/mol. The summed E-state index contributed by atoms with van der Waals surface area (Å²) in [5.74, 6) is 2.95. The van der Waals surface area contributed by atoms with Crippen LogP contribution in [0.2, 0.25) is 0 Å². The van der Waals surface area contributed by atoms with Crippen molar-refractivity contribution in [1.29, 1.82) is 0 Å². The fourth-order valence-electron chi connectivity index (χ4n) is 1.22. The van der Waals surface area contributed by atoms with E-state index in [0.717, 1.165) is 0 Å². The van der Waals surface area contributed by atoms with Gasteiger partial charge in [0.15, 0.2) is 0 Å². The van der Waals surface area contributed by atoms with Gasteiger partial charge in [-0.1, -0.05) is 5.92 Å². The summed E-state index contributed by atoms with van der Waals surface area (Å²) in [7, 11) is -3.07. The van der Waals surface area contributed by atoms with E-state index in [4.69, 9.17) is 10.8 Å². The molecule has 0 radical (unpaired) electrons. The van der Waals surface area contributed by atoms with Crippen LogP contribution in [0.1, 0.15) is 11.8 Å².